The monoisotopic (exact) mass is 479 g/mol. The van der Waals surface area contributed by atoms with E-state index >= 15 is 0 Å². The number of ether oxygens (including phenoxy) is 2. The molecule has 0 bridgehead atoms. The summed E-state index contributed by atoms with van der Waals surface area (Å²) < 4.78 is 11.3. The molecule has 176 valence electrons. The molecule has 2 heterocycles. The Kier molecular flexibility index (Phi) is 5.64. The predicted molar refractivity (Wildman–Crippen MR) is 128 cm³/mol. The van der Waals surface area contributed by atoms with Gasteiger partial charge in [0.1, 0.15) is 17.4 Å². The predicted octanol–water partition coefficient (Wildman–Crippen LogP) is 4.42. The normalized spacial score (nSPS) is 14.4. The zero-order valence-corrected chi connectivity index (χ0v) is 18.5. The number of fused-ring (bicyclic) bond motifs is 1. The Morgan fingerprint density at radius 3 is 2.61 bits per heavy atom. The van der Waals surface area contributed by atoms with Crippen LogP contribution in [-0.2, 0) is 0 Å². The van der Waals surface area contributed by atoms with Crippen LogP contribution in [0, 0.1) is 21.4 Å². The highest BCUT2D eigenvalue weighted by atomic mass is 16.6. The minimum absolute atomic E-state index is 0.00974. The first-order valence-corrected chi connectivity index (χ1v) is 10.7. The van der Waals surface area contributed by atoms with E-state index in [1.165, 1.54) is 18.2 Å². The van der Waals surface area contributed by atoms with Gasteiger partial charge in [-0.3, -0.25) is 15.2 Å². The number of rotatable bonds is 5. The number of aromatic nitrogens is 2. The lowest BCUT2D eigenvalue weighted by Gasteiger charge is -2.25. The van der Waals surface area contributed by atoms with Crippen LogP contribution in [0.15, 0.2) is 90.3 Å². The van der Waals surface area contributed by atoms with E-state index in [0.29, 0.717) is 16.8 Å². The number of nitriles is 1. The molecular formula is C26H17N5O5. The number of nitro groups is 1. The number of hydrogen-bond donors (Lipinski definition) is 2. The minimum atomic E-state index is -0.788. The van der Waals surface area contributed by atoms with E-state index in [0.717, 1.165) is 11.6 Å². The Labute approximate surface area is 204 Å². The SMILES string of the molecule is N#CC1=C(N)Oc2n[nH]c(-c3ccccc3)c2[C@H]1c1ccccc1OC(=O)c1cccc([N+](=O)[O-])c1. The number of para-hydroxylation sites is 1. The van der Waals surface area contributed by atoms with E-state index in [1.54, 1.807) is 24.3 Å². The zero-order valence-electron chi connectivity index (χ0n) is 18.5. The Hall–Kier alpha value is -5.43. The number of nitro benzene ring substituents is 1. The number of carbonyl (C=O) groups excluding carboxylic acids is 1. The standard InChI is InChI=1S/C26H17N5O5/c27-14-19-21(22-23(15-7-2-1-3-8-15)29-30-25(22)36-24(19)28)18-11-4-5-12-20(18)35-26(32)16-9-6-10-17(13-16)31(33)34/h1-13,21H,28H2,(H,29,30)/t21-/m0/s1. The molecule has 0 amide bonds. The Morgan fingerprint density at radius 1 is 1.11 bits per heavy atom. The molecule has 1 aliphatic heterocycles. The van der Waals surface area contributed by atoms with Crippen LogP contribution in [-0.4, -0.2) is 21.1 Å². The number of non-ortho nitro benzene ring substituents is 1. The van der Waals surface area contributed by atoms with Gasteiger partial charge in [-0.15, -0.1) is 5.10 Å². The van der Waals surface area contributed by atoms with Gasteiger partial charge in [-0.05, 0) is 17.7 Å². The van der Waals surface area contributed by atoms with E-state index in [1.807, 2.05) is 30.3 Å². The molecule has 1 atom stereocenters. The maximum Gasteiger partial charge on any atom is 0.343 e. The number of esters is 1. The second kappa shape index (κ2) is 9.08. The van der Waals surface area contributed by atoms with Crippen molar-refractivity contribution in [2.45, 2.75) is 5.92 Å². The highest BCUT2D eigenvalue weighted by Gasteiger charge is 2.37. The lowest BCUT2D eigenvalue weighted by Crippen LogP contribution is -2.22. The smallest absolute Gasteiger partial charge is 0.343 e. The molecule has 3 N–H and O–H groups in total. The van der Waals surface area contributed by atoms with Crippen LogP contribution in [0.4, 0.5) is 5.69 Å². The Bertz CT molecular complexity index is 1570. The molecule has 4 aromatic rings. The minimum Gasteiger partial charge on any atom is -0.423 e. The second-order valence-corrected chi connectivity index (χ2v) is 7.84. The van der Waals surface area contributed by atoms with E-state index in [4.69, 9.17) is 15.2 Å². The molecule has 5 rings (SSSR count). The molecule has 0 saturated heterocycles. The Balaban J connectivity index is 1.61. The van der Waals surface area contributed by atoms with E-state index in [-0.39, 0.29) is 34.3 Å². The summed E-state index contributed by atoms with van der Waals surface area (Å²) in [5.74, 6) is -1.30. The first-order chi connectivity index (χ1) is 17.5. The molecule has 0 unspecified atom stereocenters. The van der Waals surface area contributed by atoms with Gasteiger partial charge in [0.2, 0.25) is 11.8 Å². The number of carbonyl (C=O) groups is 1. The van der Waals surface area contributed by atoms with Crippen LogP contribution in [0.25, 0.3) is 11.3 Å². The molecule has 10 heteroatoms. The largest absolute Gasteiger partial charge is 0.423 e. The number of nitrogens with zero attached hydrogens (tertiary/aromatic N) is 3. The third-order valence-electron chi connectivity index (χ3n) is 5.73. The molecule has 3 aromatic carbocycles. The zero-order chi connectivity index (χ0) is 25.2. The molecule has 0 saturated carbocycles. The lowest BCUT2D eigenvalue weighted by atomic mass is 9.82. The third kappa shape index (κ3) is 3.91. The van der Waals surface area contributed by atoms with Crippen LogP contribution in [0.1, 0.15) is 27.4 Å². The molecule has 1 aromatic heterocycles. The van der Waals surface area contributed by atoms with Gasteiger partial charge < -0.3 is 15.2 Å². The summed E-state index contributed by atoms with van der Waals surface area (Å²) in [5.41, 5.74) is 8.44. The fourth-order valence-electron chi connectivity index (χ4n) is 4.10. The average Bonchev–Trinajstić information content (AvgIpc) is 3.32. The molecule has 10 nitrogen and oxygen atoms in total. The number of aromatic amines is 1. The van der Waals surface area contributed by atoms with Crippen LogP contribution in [0.3, 0.4) is 0 Å². The third-order valence-corrected chi connectivity index (χ3v) is 5.73. The average molecular weight is 479 g/mol. The van der Waals surface area contributed by atoms with Gasteiger partial charge in [0.05, 0.1) is 27.7 Å². The van der Waals surface area contributed by atoms with Crippen LogP contribution in [0.5, 0.6) is 11.6 Å². The maximum atomic E-state index is 12.9. The number of nitrogens with two attached hydrogens (primary N) is 1. The number of nitrogens with one attached hydrogen (secondary N) is 1. The van der Waals surface area contributed by atoms with Crippen molar-refractivity contribution >= 4 is 11.7 Å². The molecule has 0 fully saturated rings. The van der Waals surface area contributed by atoms with Crippen molar-refractivity contribution in [1.82, 2.24) is 10.2 Å². The molecule has 1 aliphatic rings. The highest BCUT2D eigenvalue weighted by molar-refractivity contribution is 5.92. The van der Waals surface area contributed by atoms with Crippen molar-refractivity contribution in [3.05, 3.63) is 117 Å². The summed E-state index contributed by atoms with van der Waals surface area (Å²) in [4.78, 5) is 23.5. The van der Waals surface area contributed by atoms with E-state index < -0.39 is 16.8 Å². The summed E-state index contributed by atoms with van der Waals surface area (Å²) in [7, 11) is 0. The van der Waals surface area contributed by atoms with Crippen molar-refractivity contribution in [2.75, 3.05) is 0 Å². The molecule has 0 radical (unpaired) electrons. The van der Waals surface area contributed by atoms with Crippen LogP contribution >= 0.6 is 0 Å². The molecule has 0 aliphatic carbocycles. The Morgan fingerprint density at radius 2 is 1.86 bits per heavy atom. The molecular weight excluding hydrogens is 462 g/mol. The summed E-state index contributed by atoms with van der Waals surface area (Å²) in [6.07, 6.45) is 0. The van der Waals surface area contributed by atoms with Gasteiger partial charge in [0, 0.05) is 17.7 Å². The quantitative estimate of drug-likeness (QED) is 0.184. The fraction of sp³-hybridized carbons (Fsp3) is 0.0385. The van der Waals surface area contributed by atoms with Crippen LogP contribution in [0.2, 0.25) is 0 Å². The van der Waals surface area contributed by atoms with Gasteiger partial charge in [-0.25, -0.2) is 4.79 Å². The molecule has 0 spiro atoms. The van der Waals surface area contributed by atoms with Crippen LogP contribution < -0.4 is 15.2 Å². The van der Waals surface area contributed by atoms with Gasteiger partial charge >= 0.3 is 5.97 Å². The van der Waals surface area contributed by atoms with Crippen molar-refractivity contribution < 1.29 is 19.2 Å². The topological polar surface area (TPSA) is 157 Å². The van der Waals surface area contributed by atoms with E-state index in [9.17, 15) is 20.2 Å². The van der Waals surface area contributed by atoms with Crippen molar-refractivity contribution in [2.24, 2.45) is 5.73 Å². The number of H-pyrrole nitrogens is 1. The lowest BCUT2D eigenvalue weighted by molar-refractivity contribution is -0.384. The van der Waals surface area contributed by atoms with Gasteiger partial charge in [0.25, 0.3) is 5.69 Å². The van der Waals surface area contributed by atoms with Crippen molar-refractivity contribution in [3.63, 3.8) is 0 Å². The van der Waals surface area contributed by atoms with Crippen molar-refractivity contribution in [3.8, 4) is 29.0 Å². The molecule has 36 heavy (non-hydrogen) atoms. The van der Waals surface area contributed by atoms with Gasteiger partial charge in [0.15, 0.2) is 0 Å². The first kappa shape index (κ1) is 22.4. The van der Waals surface area contributed by atoms with E-state index in [2.05, 4.69) is 16.3 Å². The fourth-order valence-corrected chi connectivity index (χ4v) is 4.10. The summed E-state index contributed by atoms with van der Waals surface area (Å²) in [6.45, 7) is 0. The summed E-state index contributed by atoms with van der Waals surface area (Å²) >= 11 is 0. The van der Waals surface area contributed by atoms with Gasteiger partial charge in [-0.2, -0.15) is 5.26 Å². The number of allylic oxidation sites excluding steroid dienone is 1. The van der Waals surface area contributed by atoms with Gasteiger partial charge in [-0.1, -0.05) is 54.6 Å². The summed E-state index contributed by atoms with van der Waals surface area (Å²) in [6, 6.07) is 23.4. The highest BCUT2D eigenvalue weighted by Crippen LogP contribution is 2.47. The maximum absolute atomic E-state index is 12.9. The second-order valence-electron chi connectivity index (χ2n) is 7.84. The summed E-state index contributed by atoms with van der Waals surface area (Å²) in [5, 5.41) is 28.3. The first-order valence-electron chi connectivity index (χ1n) is 10.7. The number of hydrogen-bond acceptors (Lipinski definition) is 8. The number of benzene rings is 3. The van der Waals surface area contributed by atoms with Crippen molar-refractivity contribution in [1.29, 1.82) is 5.26 Å².